The summed E-state index contributed by atoms with van der Waals surface area (Å²) >= 11 is 0. The van der Waals surface area contributed by atoms with E-state index in [9.17, 15) is 5.11 Å². The number of hydrogen-bond acceptors (Lipinski definition) is 1. The fourth-order valence-corrected chi connectivity index (χ4v) is 2.11. The molecular weight excluding hydrogens is 196 g/mol. The lowest BCUT2D eigenvalue weighted by atomic mass is 9.79. The summed E-state index contributed by atoms with van der Waals surface area (Å²) in [4.78, 5) is 0. The molecule has 0 spiro atoms. The predicted molar refractivity (Wildman–Crippen MR) is 70.2 cm³/mol. The van der Waals surface area contributed by atoms with Crippen LogP contribution in [0.1, 0.15) is 58.2 Å². The SMILES string of the molecule is Cc1cc(C(C)(C)C)c(O)cc1C(C)(C)C. The molecule has 0 radical (unpaired) electrons. The van der Waals surface area contributed by atoms with Gasteiger partial charge in [-0.05, 0) is 40.5 Å². The Morgan fingerprint density at radius 3 is 1.62 bits per heavy atom. The molecule has 0 fully saturated rings. The van der Waals surface area contributed by atoms with Crippen molar-refractivity contribution in [3.05, 3.63) is 28.8 Å². The second-order valence-electron chi connectivity index (χ2n) is 6.68. The Morgan fingerprint density at radius 2 is 1.25 bits per heavy atom. The van der Waals surface area contributed by atoms with Crippen molar-refractivity contribution in [3.63, 3.8) is 0 Å². The van der Waals surface area contributed by atoms with Gasteiger partial charge in [0.15, 0.2) is 0 Å². The van der Waals surface area contributed by atoms with Gasteiger partial charge < -0.3 is 5.11 Å². The van der Waals surface area contributed by atoms with Crippen molar-refractivity contribution in [2.75, 3.05) is 0 Å². The molecule has 1 aromatic carbocycles. The van der Waals surface area contributed by atoms with Crippen molar-refractivity contribution in [2.45, 2.75) is 59.3 Å². The summed E-state index contributed by atoms with van der Waals surface area (Å²) in [5, 5.41) is 10.1. The van der Waals surface area contributed by atoms with Crippen LogP contribution in [0.2, 0.25) is 0 Å². The zero-order valence-corrected chi connectivity index (χ0v) is 11.6. The second-order valence-corrected chi connectivity index (χ2v) is 6.68. The standard InChI is InChI=1S/C15H24O/c1-10-8-12(15(5,6)7)13(16)9-11(10)14(2,3)4/h8-9,16H,1-7H3. The minimum absolute atomic E-state index is 0.00867. The van der Waals surface area contributed by atoms with Crippen molar-refractivity contribution >= 4 is 0 Å². The molecule has 0 heterocycles. The average Bonchev–Trinajstić information content (AvgIpc) is 2.04. The zero-order chi connectivity index (χ0) is 12.7. The molecule has 0 saturated heterocycles. The Labute approximate surface area is 99.5 Å². The quantitative estimate of drug-likeness (QED) is 0.691. The predicted octanol–water partition coefficient (Wildman–Crippen LogP) is 4.30. The van der Waals surface area contributed by atoms with Crippen LogP contribution in [0.5, 0.6) is 5.75 Å². The lowest BCUT2D eigenvalue weighted by Gasteiger charge is -2.26. The molecular formula is C15H24O. The summed E-state index contributed by atoms with van der Waals surface area (Å²) in [6.45, 7) is 15.0. The van der Waals surface area contributed by atoms with E-state index >= 15 is 0 Å². The summed E-state index contributed by atoms with van der Waals surface area (Å²) in [5.74, 6) is 0.419. The van der Waals surface area contributed by atoms with Gasteiger partial charge in [-0.1, -0.05) is 47.6 Å². The first-order chi connectivity index (χ1) is 7.03. The van der Waals surface area contributed by atoms with Crippen LogP contribution < -0.4 is 0 Å². The van der Waals surface area contributed by atoms with E-state index in [4.69, 9.17) is 0 Å². The number of hydrogen-bond donors (Lipinski definition) is 1. The van der Waals surface area contributed by atoms with Crippen molar-refractivity contribution in [1.29, 1.82) is 0 Å². The van der Waals surface area contributed by atoms with Gasteiger partial charge in [0, 0.05) is 0 Å². The Hall–Kier alpha value is -0.980. The van der Waals surface area contributed by atoms with E-state index in [1.165, 1.54) is 11.1 Å². The van der Waals surface area contributed by atoms with Gasteiger partial charge in [0.25, 0.3) is 0 Å². The van der Waals surface area contributed by atoms with Crippen LogP contribution in [0.25, 0.3) is 0 Å². The first-order valence-electron chi connectivity index (χ1n) is 5.88. The summed E-state index contributed by atoms with van der Waals surface area (Å²) in [7, 11) is 0. The van der Waals surface area contributed by atoms with Crippen LogP contribution in [-0.2, 0) is 10.8 Å². The van der Waals surface area contributed by atoms with Gasteiger partial charge in [0.1, 0.15) is 5.75 Å². The van der Waals surface area contributed by atoms with Gasteiger partial charge >= 0.3 is 0 Å². The third-order valence-corrected chi connectivity index (χ3v) is 2.96. The van der Waals surface area contributed by atoms with Crippen LogP contribution >= 0.6 is 0 Å². The normalized spacial score (nSPS) is 12.9. The van der Waals surface area contributed by atoms with Gasteiger partial charge in [-0.25, -0.2) is 0 Å². The summed E-state index contributed by atoms with van der Waals surface area (Å²) < 4.78 is 0. The van der Waals surface area contributed by atoms with Gasteiger partial charge in [0.2, 0.25) is 0 Å². The van der Waals surface area contributed by atoms with Gasteiger partial charge in [0.05, 0.1) is 0 Å². The van der Waals surface area contributed by atoms with Crippen LogP contribution in [-0.4, -0.2) is 5.11 Å². The lowest BCUT2D eigenvalue weighted by molar-refractivity contribution is 0.442. The molecule has 0 bridgehead atoms. The number of aromatic hydroxyl groups is 1. The van der Waals surface area contributed by atoms with Crippen molar-refractivity contribution in [2.24, 2.45) is 0 Å². The fourth-order valence-electron chi connectivity index (χ4n) is 2.11. The van der Waals surface area contributed by atoms with Crippen LogP contribution in [0.4, 0.5) is 0 Å². The summed E-state index contributed by atoms with van der Waals surface area (Å²) in [5.41, 5.74) is 3.58. The highest BCUT2D eigenvalue weighted by Crippen LogP contribution is 2.36. The molecule has 0 saturated carbocycles. The van der Waals surface area contributed by atoms with Crippen LogP contribution in [0.15, 0.2) is 12.1 Å². The van der Waals surface area contributed by atoms with Crippen LogP contribution in [0, 0.1) is 6.92 Å². The third-order valence-electron chi connectivity index (χ3n) is 2.96. The average molecular weight is 220 g/mol. The van der Waals surface area contributed by atoms with E-state index < -0.39 is 0 Å². The highest BCUT2D eigenvalue weighted by molar-refractivity contribution is 5.46. The minimum atomic E-state index is -0.00867. The molecule has 0 aromatic heterocycles. The number of rotatable bonds is 0. The van der Waals surface area contributed by atoms with E-state index in [-0.39, 0.29) is 10.8 Å². The topological polar surface area (TPSA) is 20.2 Å². The first kappa shape index (κ1) is 13.1. The van der Waals surface area contributed by atoms with Gasteiger partial charge in [-0.2, -0.15) is 0 Å². The van der Waals surface area contributed by atoms with E-state index in [2.05, 4.69) is 54.5 Å². The van der Waals surface area contributed by atoms with E-state index in [1.807, 2.05) is 6.07 Å². The van der Waals surface area contributed by atoms with Gasteiger partial charge in [-0.15, -0.1) is 0 Å². The maximum Gasteiger partial charge on any atom is 0.119 e. The van der Waals surface area contributed by atoms with Gasteiger partial charge in [-0.3, -0.25) is 0 Å². The van der Waals surface area contributed by atoms with Crippen molar-refractivity contribution in [1.82, 2.24) is 0 Å². The number of benzene rings is 1. The number of aryl methyl sites for hydroxylation is 1. The molecule has 0 amide bonds. The molecule has 0 aliphatic heterocycles. The molecule has 0 aliphatic carbocycles. The largest absolute Gasteiger partial charge is 0.508 e. The van der Waals surface area contributed by atoms with Crippen molar-refractivity contribution in [3.8, 4) is 5.75 Å². The number of phenols is 1. The summed E-state index contributed by atoms with van der Waals surface area (Å²) in [6, 6.07) is 4.05. The molecule has 16 heavy (non-hydrogen) atoms. The third kappa shape index (κ3) is 2.58. The molecule has 1 nitrogen and oxygen atoms in total. The first-order valence-corrected chi connectivity index (χ1v) is 5.88. The lowest BCUT2D eigenvalue weighted by Crippen LogP contribution is -2.16. The fraction of sp³-hybridized carbons (Fsp3) is 0.600. The van der Waals surface area contributed by atoms with E-state index in [0.717, 1.165) is 5.56 Å². The highest BCUT2D eigenvalue weighted by atomic mass is 16.3. The molecule has 0 aliphatic rings. The maximum absolute atomic E-state index is 10.1. The molecule has 1 aromatic rings. The monoisotopic (exact) mass is 220 g/mol. The maximum atomic E-state index is 10.1. The number of phenolic OH excluding ortho intramolecular Hbond substituents is 1. The van der Waals surface area contributed by atoms with Crippen molar-refractivity contribution < 1.29 is 5.11 Å². The molecule has 90 valence electrons. The van der Waals surface area contributed by atoms with Crippen LogP contribution in [0.3, 0.4) is 0 Å². The Bertz CT molecular complexity index is 349. The Balaban J connectivity index is 3.40. The summed E-state index contributed by atoms with van der Waals surface area (Å²) in [6.07, 6.45) is 0. The Kier molecular flexibility index (Phi) is 3.11. The molecule has 0 atom stereocenters. The molecule has 1 heteroatoms. The molecule has 1 rings (SSSR count). The second kappa shape index (κ2) is 3.80. The smallest absolute Gasteiger partial charge is 0.119 e. The zero-order valence-electron chi connectivity index (χ0n) is 11.6. The van der Waals surface area contributed by atoms with E-state index in [0.29, 0.717) is 5.75 Å². The molecule has 0 unspecified atom stereocenters. The Morgan fingerprint density at radius 1 is 0.812 bits per heavy atom. The van der Waals surface area contributed by atoms with E-state index in [1.54, 1.807) is 0 Å². The minimum Gasteiger partial charge on any atom is -0.508 e. The molecule has 1 N–H and O–H groups in total. The highest BCUT2D eigenvalue weighted by Gasteiger charge is 2.23.